The number of hydrogen-bond acceptors (Lipinski definition) is 5. The molecule has 0 saturated heterocycles. The van der Waals surface area contributed by atoms with Crippen molar-refractivity contribution in [3.63, 3.8) is 0 Å². The van der Waals surface area contributed by atoms with E-state index >= 15 is 0 Å². The fraction of sp³-hybridized carbons (Fsp3) is 0.235. The number of aryl methyl sites for hydroxylation is 1. The second-order valence-electron chi connectivity index (χ2n) is 5.85. The number of nitrogens with one attached hydrogen (secondary N) is 1. The fourth-order valence-corrected chi connectivity index (χ4v) is 2.35. The number of rotatable bonds is 6. The Kier molecular flexibility index (Phi) is 6.07. The third-order valence-electron chi connectivity index (χ3n) is 3.55. The summed E-state index contributed by atoms with van der Waals surface area (Å²) in [6, 6.07) is 8.68. The highest BCUT2D eigenvalue weighted by atomic mass is 35.5. The van der Waals surface area contributed by atoms with Crippen LogP contribution in [0.4, 0.5) is 11.4 Å². The molecule has 0 bridgehead atoms. The molecule has 0 fully saturated rings. The molecule has 1 amide bonds. The molecule has 0 spiro atoms. The van der Waals surface area contributed by atoms with E-state index in [1.54, 1.807) is 13.0 Å². The quantitative estimate of drug-likeness (QED) is 0.565. The van der Waals surface area contributed by atoms with Crippen LogP contribution in [-0.4, -0.2) is 28.1 Å². The molecule has 0 aliphatic heterocycles. The first kappa shape index (κ1) is 20.0. The number of benzene rings is 2. The van der Waals surface area contributed by atoms with Crippen LogP contribution in [-0.2, 0) is 4.79 Å². The summed E-state index contributed by atoms with van der Waals surface area (Å²) in [7, 11) is 0. The van der Waals surface area contributed by atoms with Crippen molar-refractivity contribution < 1.29 is 19.6 Å². The van der Waals surface area contributed by atoms with Crippen LogP contribution in [0.5, 0.6) is 5.75 Å². The van der Waals surface area contributed by atoms with Crippen LogP contribution < -0.4 is 10.1 Å². The first-order chi connectivity index (χ1) is 12.1. The third kappa shape index (κ3) is 4.85. The van der Waals surface area contributed by atoms with E-state index < -0.39 is 16.4 Å². The Morgan fingerprint density at radius 1 is 1.27 bits per heavy atom. The Labute approximate surface area is 159 Å². The molecule has 2 rings (SSSR count). The van der Waals surface area contributed by atoms with Crippen LogP contribution in [0.25, 0.3) is 0 Å². The van der Waals surface area contributed by atoms with Crippen molar-refractivity contribution in [1.82, 2.24) is 0 Å². The van der Waals surface area contributed by atoms with Crippen molar-refractivity contribution in [1.29, 1.82) is 0 Å². The summed E-state index contributed by atoms with van der Waals surface area (Å²) >= 11 is 11.7. The molecule has 0 heterocycles. The SMILES string of the molecule is Cc1cc(NC(=O)C(C)(O)COc2ccc(Cl)c(Cl)c2)ccc1[N+](=O)[O-]. The molecule has 0 aliphatic rings. The van der Waals surface area contributed by atoms with E-state index in [9.17, 15) is 20.0 Å². The molecular formula is C17H16Cl2N2O5. The Morgan fingerprint density at radius 2 is 1.96 bits per heavy atom. The van der Waals surface area contributed by atoms with E-state index in [2.05, 4.69) is 5.32 Å². The van der Waals surface area contributed by atoms with Gasteiger partial charge < -0.3 is 15.2 Å². The summed E-state index contributed by atoms with van der Waals surface area (Å²) in [5.41, 5.74) is -1.19. The van der Waals surface area contributed by atoms with Gasteiger partial charge in [-0.3, -0.25) is 14.9 Å². The van der Waals surface area contributed by atoms with Gasteiger partial charge in [0, 0.05) is 23.4 Å². The molecule has 0 radical (unpaired) electrons. The summed E-state index contributed by atoms with van der Waals surface area (Å²) in [5, 5.41) is 24.3. The normalized spacial score (nSPS) is 13.0. The molecule has 1 unspecified atom stereocenters. The van der Waals surface area contributed by atoms with Gasteiger partial charge >= 0.3 is 0 Å². The Hall–Kier alpha value is -2.35. The van der Waals surface area contributed by atoms with Crippen molar-refractivity contribution in [2.75, 3.05) is 11.9 Å². The summed E-state index contributed by atoms with van der Waals surface area (Å²) in [5.74, 6) is -0.371. The Bertz CT molecular complexity index is 855. The number of nitro benzene ring substituents is 1. The molecule has 9 heteroatoms. The highest BCUT2D eigenvalue weighted by Gasteiger charge is 2.31. The zero-order valence-corrected chi connectivity index (χ0v) is 15.5. The smallest absolute Gasteiger partial charge is 0.272 e. The van der Waals surface area contributed by atoms with Gasteiger partial charge in [-0.25, -0.2) is 0 Å². The standard InChI is InChI=1S/C17H16Cl2N2O5/c1-10-7-11(3-6-15(10)21(24)25)20-16(22)17(2,23)9-26-12-4-5-13(18)14(19)8-12/h3-8,23H,9H2,1-2H3,(H,20,22). The van der Waals surface area contributed by atoms with Gasteiger partial charge in [0.05, 0.1) is 15.0 Å². The zero-order chi connectivity index (χ0) is 19.5. The number of amides is 1. The van der Waals surface area contributed by atoms with Gasteiger partial charge in [0.15, 0.2) is 5.60 Å². The summed E-state index contributed by atoms with van der Waals surface area (Å²) < 4.78 is 5.40. The largest absolute Gasteiger partial charge is 0.490 e. The second kappa shape index (κ2) is 7.90. The highest BCUT2D eigenvalue weighted by molar-refractivity contribution is 6.42. The summed E-state index contributed by atoms with van der Waals surface area (Å²) in [6.45, 7) is 2.51. The van der Waals surface area contributed by atoms with Crippen LogP contribution in [0.15, 0.2) is 36.4 Å². The number of nitro groups is 1. The summed E-state index contributed by atoms with van der Waals surface area (Å²) in [4.78, 5) is 22.6. The van der Waals surface area contributed by atoms with Crippen LogP contribution in [0, 0.1) is 17.0 Å². The van der Waals surface area contributed by atoms with Gasteiger partial charge in [-0.15, -0.1) is 0 Å². The first-order valence-corrected chi connectivity index (χ1v) is 8.22. The molecular weight excluding hydrogens is 383 g/mol. The van der Waals surface area contributed by atoms with Gasteiger partial charge in [-0.1, -0.05) is 23.2 Å². The average Bonchev–Trinajstić information content (AvgIpc) is 2.55. The lowest BCUT2D eigenvalue weighted by molar-refractivity contribution is -0.385. The van der Waals surface area contributed by atoms with Crippen LogP contribution in [0.1, 0.15) is 12.5 Å². The number of nitrogens with zero attached hydrogens (tertiary/aromatic N) is 1. The Morgan fingerprint density at radius 3 is 2.54 bits per heavy atom. The highest BCUT2D eigenvalue weighted by Crippen LogP contribution is 2.27. The van der Waals surface area contributed by atoms with Crippen LogP contribution in [0.2, 0.25) is 10.0 Å². The molecule has 2 N–H and O–H groups in total. The average molecular weight is 399 g/mol. The third-order valence-corrected chi connectivity index (χ3v) is 4.29. The molecule has 0 aromatic heterocycles. The maximum absolute atomic E-state index is 12.3. The molecule has 2 aromatic carbocycles. The van der Waals surface area contributed by atoms with Gasteiger partial charge in [-0.2, -0.15) is 0 Å². The second-order valence-corrected chi connectivity index (χ2v) is 6.67. The maximum atomic E-state index is 12.3. The molecule has 1 atom stereocenters. The van der Waals surface area contributed by atoms with E-state index in [1.807, 2.05) is 0 Å². The van der Waals surface area contributed by atoms with Crippen molar-refractivity contribution >= 4 is 40.5 Å². The Balaban J connectivity index is 2.03. The number of carbonyl (C=O) groups is 1. The topological polar surface area (TPSA) is 102 Å². The number of anilines is 1. The predicted octanol–water partition coefficient (Wildman–Crippen LogP) is 3.98. The molecule has 0 saturated carbocycles. The minimum Gasteiger partial charge on any atom is -0.490 e. The van der Waals surface area contributed by atoms with Crippen molar-refractivity contribution in [3.05, 3.63) is 62.1 Å². The fourth-order valence-electron chi connectivity index (χ4n) is 2.06. The van der Waals surface area contributed by atoms with Crippen molar-refractivity contribution in [2.24, 2.45) is 0 Å². The minimum atomic E-state index is -1.85. The number of carbonyl (C=O) groups excluding carboxylic acids is 1. The molecule has 7 nitrogen and oxygen atoms in total. The van der Waals surface area contributed by atoms with Gasteiger partial charge in [0.1, 0.15) is 12.4 Å². The summed E-state index contributed by atoms with van der Waals surface area (Å²) in [6.07, 6.45) is 0. The molecule has 26 heavy (non-hydrogen) atoms. The van der Waals surface area contributed by atoms with Gasteiger partial charge in [-0.05, 0) is 38.1 Å². The number of hydrogen-bond donors (Lipinski definition) is 2. The van der Waals surface area contributed by atoms with Gasteiger partial charge in [0.25, 0.3) is 11.6 Å². The zero-order valence-electron chi connectivity index (χ0n) is 14.0. The van der Waals surface area contributed by atoms with E-state index in [0.717, 1.165) is 0 Å². The lowest BCUT2D eigenvalue weighted by atomic mass is 10.1. The monoisotopic (exact) mass is 398 g/mol. The van der Waals surface area contributed by atoms with E-state index in [4.69, 9.17) is 27.9 Å². The number of halogens is 2. The number of aliphatic hydroxyl groups is 1. The van der Waals surface area contributed by atoms with Crippen molar-refractivity contribution in [2.45, 2.75) is 19.4 Å². The van der Waals surface area contributed by atoms with E-state index in [1.165, 1.54) is 37.3 Å². The van der Waals surface area contributed by atoms with Crippen molar-refractivity contribution in [3.8, 4) is 5.75 Å². The van der Waals surface area contributed by atoms with E-state index in [-0.39, 0.29) is 17.3 Å². The molecule has 0 aliphatic carbocycles. The lowest BCUT2D eigenvalue weighted by Crippen LogP contribution is -2.45. The molecule has 138 valence electrons. The van der Waals surface area contributed by atoms with Crippen LogP contribution in [0.3, 0.4) is 0 Å². The molecule has 2 aromatic rings. The van der Waals surface area contributed by atoms with Crippen LogP contribution >= 0.6 is 23.2 Å². The maximum Gasteiger partial charge on any atom is 0.272 e. The van der Waals surface area contributed by atoms with Gasteiger partial charge in [0.2, 0.25) is 0 Å². The van der Waals surface area contributed by atoms with E-state index in [0.29, 0.717) is 22.0 Å². The lowest BCUT2D eigenvalue weighted by Gasteiger charge is -2.22. The first-order valence-electron chi connectivity index (χ1n) is 7.47. The predicted molar refractivity (Wildman–Crippen MR) is 99.0 cm³/mol. The number of ether oxygens (including phenoxy) is 1. The minimum absolute atomic E-state index is 0.0577.